The normalized spacial score (nSPS) is 12.2. The lowest BCUT2D eigenvalue weighted by molar-refractivity contribution is 0.561. The lowest BCUT2D eigenvalue weighted by atomic mass is 9.82. The first-order valence-electron chi connectivity index (χ1n) is 12.7. The third-order valence-electron chi connectivity index (χ3n) is 6.77. The Morgan fingerprint density at radius 3 is 1.78 bits per heavy atom. The molecule has 0 bridgehead atoms. The number of hydrogen-bond acceptors (Lipinski definition) is 2. The van der Waals surface area contributed by atoms with Gasteiger partial charge in [-0.05, 0) is 56.6 Å². The van der Waals surface area contributed by atoms with Crippen LogP contribution in [0.5, 0.6) is 0 Å². The van der Waals surface area contributed by atoms with Crippen molar-refractivity contribution in [3.05, 3.63) is 108 Å². The minimum atomic E-state index is -0.126. The van der Waals surface area contributed by atoms with E-state index in [0.29, 0.717) is 0 Å². The smallest absolute Gasteiger partial charge is 0.0936 e. The summed E-state index contributed by atoms with van der Waals surface area (Å²) in [5.41, 5.74) is 8.97. The third-order valence-corrected chi connectivity index (χ3v) is 6.77. The van der Waals surface area contributed by atoms with Crippen molar-refractivity contribution in [1.82, 2.24) is 10.2 Å². The average Bonchev–Trinajstić information content (AvgIpc) is 2.87. The molecule has 0 aliphatic carbocycles. The topological polar surface area (TPSA) is 25.8 Å². The van der Waals surface area contributed by atoms with Crippen molar-refractivity contribution in [3.8, 4) is 33.5 Å². The van der Waals surface area contributed by atoms with Gasteiger partial charge >= 0.3 is 0 Å². The van der Waals surface area contributed by atoms with Gasteiger partial charge in [0.2, 0.25) is 0 Å². The van der Waals surface area contributed by atoms with E-state index in [0.717, 1.165) is 28.1 Å². The Morgan fingerprint density at radius 2 is 1.11 bits per heavy atom. The zero-order valence-corrected chi connectivity index (χ0v) is 22.1. The first kappa shape index (κ1) is 23.9. The van der Waals surface area contributed by atoms with Crippen molar-refractivity contribution in [1.29, 1.82) is 0 Å². The van der Waals surface area contributed by atoms with Gasteiger partial charge in [-0.25, -0.2) is 0 Å². The van der Waals surface area contributed by atoms with Gasteiger partial charge in [0, 0.05) is 16.5 Å². The van der Waals surface area contributed by atoms with E-state index in [1.165, 1.54) is 27.5 Å². The summed E-state index contributed by atoms with van der Waals surface area (Å²) in [6, 6.07) is 34.7. The fourth-order valence-electron chi connectivity index (χ4n) is 4.86. The molecule has 0 fully saturated rings. The van der Waals surface area contributed by atoms with Crippen molar-refractivity contribution in [2.24, 2.45) is 0 Å². The van der Waals surface area contributed by atoms with E-state index in [-0.39, 0.29) is 10.8 Å². The summed E-state index contributed by atoms with van der Waals surface area (Å²) < 4.78 is 0. The van der Waals surface area contributed by atoms with Crippen LogP contribution < -0.4 is 0 Å². The molecule has 0 radical (unpaired) electrons. The molecule has 0 saturated carbocycles. The summed E-state index contributed by atoms with van der Waals surface area (Å²) in [4.78, 5) is 0. The highest BCUT2D eigenvalue weighted by atomic mass is 15.1. The lowest BCUT2D eigenvalue weighted by Gasteiger charge is -2.24. The molecular formula is C34H34N2. The molecule has 1 aromatic heterocycles. The van der Waals surface area contributed by atoms with Crippen LogP contribution >= 0.6 is 0 Å². The van der Waals surface area contributed by atoms with E-state index in [1.54, 1.807) is 0 Å². The summed E-state index contributed by atoms with van der Waals surface area (Å²) in [7, 11) is 0. The molecule has 0 unspecified atom stereocenters. The Kier molecular flexibility index (Phi) is 6.00. The molecule has 5 rings (SSSR count). The minimum Gasteiger partial charge on any atom is -0.154 e. The van der Waals surface area contributed by atoms with Crippen LogP contribution in [0.15, 0.2) is 97.1 Å². The Hall–Kier alpha value is -3.78. The first-order valence-corrected chi connectivity index (χ1v) is 12.7. The number of aromatic nitrogens is 2. The highest BCUT2D eigenvalue weighted by Crippen LogP contribution is 2.37. The Labute approximate surface area is 215 Å². The summed E-state index contributed by atoms with van der Waals surface area (Å²) in [5, 5.41) is 12.1. The fourth-order valence-corrected chi connectivity index (χ4v) is 4.86. The standard InChI is InChI=1S/C34H34N2/c1-33(2,3)30-21-27(20-26-14-10-11-15-28(26)30)31-22-29(32(36-35-31)34(4,5)6)25-18-16-24(17-19-25)23-12-8-7-9-13-23/h7-22H,1-6H3. The van der Waals surface area contributed by atoms with Gasteiger partial charge in [0.15, 0.2) is 0 Å². The molecule has 0 saturated heterocycles. The maximum atomic E-state index is 4.81. The van der Waals surface area contributed by atoms with Crippen molar-refractivity contribution in [2.45, 2.75) is 52.4 Å². The largest absolute Gasteiger partial charge is 0.154 e. The Morgan fingerprint density at radius 1 is 0.500 bits per heavy atom. The van der Waals surface area contributed by atoms with Gasteiger partial charge in [-0.1, -0.05) is 120 Å². The molecule has 1 heterocycles. The van der Waals surface area contributed by atoms with Crippen LogP contribution in [0.25, 0.3) is 44.3 Å². The van der Waals surface area contributed by atoms with Crippen LogP contribution in [0, 0.1) is 0 Å². The zero-order chi connectivity index (χ0) is 25.5. The van der Waals surface area contributed by atoms with Crippen molar-refractivity contribution in [3.63, 3.8) is 0 Å². The van der Waals surface area contributed by atoms with Crippen LogP contribution in [0.4, 0.5) is 0 Å². The predicted molar refractivity (Wildman–Crippen MR) is 153 cm³/mol. The molecule has 0 N–H and O–H groups in total. The van der Waals surface area contributed by atoms with E-state index < -0.39 is 0 Å². The summed E-state index contributed by atoms with van der Waals surface area (Å²) in [5.74, 6) is 0. The molecule has 2 nitrogen and oxygen atoms in total. The molecular weight excluding hydrogens is 436 g/mol. The SMILES string of the molecule is CC(C)(C)c1nnc(-c2cc(C(C)(C)C)c3ccccc3c2)cc1-c1ccc(-c2ccccc2)cc1. The zero-order valence-electron chi connectivity index (χ0n) is 22.1. The molecule has 0 atom stereocenters. The van der Waals surface area contributed by atoms with Gasteiger partial charge in [-0.2, -0.15) is 10.2 Å². The fraction of sp³-hybridized carbons (Fsp3) is 0.235. The molecule has 0 aliphatic heterocycles. The molecule has 180 valence electrons. The lowest BCUT2D eigenvalue weighted by Crippen LogP contribution is -2.16. The van der Waals surface area contributed by atoms with E-state index in [1.807, 2.05) is 0 Å². The minimum absolute atomic E-state index is 0.0183. The van der Waals surface area contributed by atoms with E-state index >= 15 is 0 Å². The molecule has 5 aromatic rings. The molecule has 0 amide bonds. The highest BCUT2D eigenvalue weighted by Gasteiger charge is 2.24. The summed E-state index contributed by atoms with van der Waals surface area (Å²) in [6.07, 6.45) is 0. The van der Waals surface area contributed by atoms with Crippen molar-refractivity contribution >= 4 is 10.8 Å². The van der Waals surface area contributed by atoms with Crippen LogP contribution in [-0.4, -0.2) is 10.2 Å². The van der Waals surface area contributed by atoms with E-state index in [2.05, 4.69) is 139 Å². The van der Waals surface area contributed by atoms with Gasteiger partial charge in [-0.15, -0.1) is 0 Å². The average molecular weight is 471 g/mol. The number of benzene rings is 4. The number of hydrogen-bond donors (Lipinski definition) is 0. The maximum absolute atomic E-state index is 4.81. The number of nitrogens with zero attached hydrogens (tertiary/aromatic N) is 2. The van der Waals surface area contributed by atoms with Gasteiger partial charge in [0.1, 0.15) is 0 Å². The van der Waals surface area contributed by atoms with Crippen molar-refractivity contribution < 1.29 is 0 Å². The summed E-state index contributed by atoms with van der Waals surface area (Å²) in [6.45, 7) is 13.4. The van der Waals surface area contributed by atoms with Gasteiger partial charge in [-0.3, -0.25) is 0 Å². The maximum Gasteiger partial charge on any atom is 0.0936 e. The molecule has 4 aromatic carbocycles. The van der Waals surface area contributed by atoms with Crippen LogP contribution in [-0.2, 0) is 10.8 Å². The second-order valence-electron chi connectivity index (χ2n) is 11.7. The monoisotopic (exact) mass is 470 g/mol. The van der Waals surface area contributed by atoms with E-state index in [4.69, 9.17) is 10.2 Å². The van der Waals surface area contributed by atoms with Gasteiger partial charge in [0.05, 0.1) is 11.4 Å². The van der Waals surface area contributed by atoms with Gasteiger partial charge < -0.3 is 0 Å². The number of rotatable bonds is 3. The summed E-state index contributed by atoms with van der Waals surface area (Å²) >= 11 is 0. The molecule has 0 spiro atoms. The van der Waals surface area contributed by atoms with Crippen LogP contribution in [0.3, 0.4) is 0 Å². The van der Waals surface area contributed by atoms with Gasteiger partial charge in [0.25, 0.3) is 0 Å². The van der Waals surface area contributed by atoms with Crippen molar-refractivity contribution in [2.75, 3.05) is 0 Å². The first-order chi connectivity index (χ1) is 17.1. The molecule has 2 heteroatoms. The van der Waals surface area contributed by atoms with Crippen LogP contribution in [0.2, 0.25) is 0 Å². The third kappa shape index (κ3) is 4.68. The van der Waals surface area contributed by atoms with Crippen LogP contribution in [0.1, 0.15) is 52.8 Å². The second kappa shape index (κ2) is 9.02. The Bertz CT molecular complexity index is 1520. The highest BCUT2D eigenvalue weighted by molar-refractivity contribution is 5.91. The quantitative estimate of drug-likeness (QED) is 0.263. The Balaban J connectivity index is 1.66. The second-order valence-corrected chi connectivity index (χ2v) is 11.7. The van der Waals surface area contributed by atoms with E-state index in [9.17, 15) is 0 Å². The molecule has 0 aliphatic rings. The number of fused-ring (bicyclic) bond motifs is 1. The predicted octanol–water partition coefficient (Wildman–Crippen LogP) is 9.23. The molecule has 36 heavy (non-hydrogen) atoms.